The Labute approximate surface area is 169 Å². The Kier molecular flexibility index (Phi) is 5.01. The fourth-order valence-corrected chi connectivity index (χ4v) is 3.56. The van der Waals surface area contributed by atoms with E-state index in [1.807, 2.05) is 23.1 Å². The first kappa shape index (κ1) is 18.7. The first-order chi connectivity index (χ1) is 14.1. The van der Waals surface area contributed by atoms with Gasteiger partial charge in [-0.15, -0.1) is 0 Å². The van der Waals surface area contributed by atoms with E-state index in [1.165, 1.54) is 6.20 Å². The van der Waals surface area contributed by atoms with Gasteiger partial charge < -0.3 is 10.2 Å². The third-order valence-corrected chi connectivity index (χ3v) is 5.00. The van der Waals surface area contributed by atoms with Gasteiger partial charge in [0.25, 0.3) is 5.91 Å². The smallest absolute Gasteiger partial charge is 0.254 e. The molecule has 29 heavy (non-hydrogen) atoms. The fraction of sp³-hybridized carbons (Fsp3) is 0.167. The molecule has 0 fully saturated rings. The summed E-state index contributed by atoms with van der Waals surface area (Å²) in [7, 11) is 0. The van der Waals surface area contributed by atoms with Gasteiger partial charge in [-0.2, -0.15) is 0 Å². The van der Waals surface area contributed by atoms with E-state index in [4.69, 9.17) is 0 Å². The molecule has 1 aliphatic heterocycles. The normalized spacial score (nSPS) is 14.3. The predicted octanol–water partition coefficient (Wildman–Crippen LogP) is 4.03. The lowest BCUT2D eigenvalue weighted by Crippen LogP contribution is -2.43. The van der Waals surface area contributed by atoms with Crippen LogP contribution in [0.4, 0.5) is 10.1 Å². The fourth-order valence-electron chi connectivity index (χ4n) is 3.56. The highest BCUT2D eigenvalue weighted by atomic mass is 19.1. The number of nitrogens with one attached hydrogen (secondary N) is 1. The van der Waals surface area contributed by atoms with Crippen molar-refractivity contribution in [2.45, 2.75) is 19.1 Å². The van der Waals surface area contributed by atoms with Crippen LogP contribution in [-0.4, -0.2) is 17.4 Å². The predicted molar refractivity (Wildman–Crippen MR) is 111 cm³/mol. The molecule has 0 saturated carbocycles. The number of halogens is 1. The minimum atomic E-state index is -2.21. The summed E-state index contributed by atoms with van der Waals surface area (Å²) in [5, 5.41) is 2.58. The largest absolute Gasteiger partial charge is 0.312 e. The Morgan fingerprint density at radius 3 is 2.69 bits per heavy atom. The number of aromatic nitrogens is 1. The van der Waals surface area contributed by atoms with Crippen molar-refractivity contribution < 1.29 is 9.18 Å². The van der Waals surface area contributed by atoms with Crippen molar-refractivity contribution in [2.24, 2.45) is 0 Å². The lowest BCUT2D eigenvalue weighted by molar-refractivity contribution is 0.0799. The van der Waals surface area contributed by atoms with Crippen LogP contribution < -0.4 is 10.2 Å². The molecule has 1 aromatic heterocycles. The van der Waals surface area contributed by atoms with Crippen molar-refractivity contribution >= 4 is 11.6 Å². The topological polar surface area (TPSA) is 45.2 Å². The number of anilines is 1. The molecular formula is C24H20FN3O. The molecule has 2 heterocycles. The summed E-state index contributed by atoms with van der Waals surface area (Å²) < 4.78 is 16.5. The van der Waals surface area contributed by atoms with Crippen LogP contribution in [0, 0.1) is 12.0 Å². The SMILES string of the molecule is CC#CN1CCc2cc(C(F)(NC(=O)c3ccccc3)c3cccnc3)ccc21. The number of carbonyl (C=O) groups excluding carboxylic acids is 1. The average Bonchev–Trinajstić information content (AvgIpc) is 3.17. The van der Waals surface area contributed by atoms with Gasteiger partial charge in [0.15, 0.2) is 0 Å². The molecule has 2 aromatic carbocycles. The monoisotopic (exact) mass is 385 g/mol. The molecule has 1 atom stereocenters. The summed E-state index contributed by atoms with van der Waals surface area (Å²) in [6, 6.07) is 20.3. The van der Waals surface area contributed by atoms with Crippen LogP contribution in [0.25, 0.3) is 0 Å². The number of hydrogen-bond acceptors (Lipinski definition) is 3. The zero-order valence-corrected chi connectivity index (χ0v) is 16.0. The maximum absolute atomic E-state index is 16.5. The van der Waals surface area contributed by atoms with Gasteiger partial charge in [-0.25, -0.2) is 4.39 Å². The lowest BCUT2D eigenvalue weighted by Gasteiger charge is -2.28. The third-order valence-electron chi connectivity index (χ3n) is 5.00. The van der Waals surface area contributed by atoms with Crippen molar-refractivity contribution in [3.63, 3.8) is 0 Å². The Morgan fingerprint density at radius 1 is 1.14 bits per heavy atom. The molecule has 0 radical (unpaired) electrons. The standard InChI is InChI=1S/C24H20FN3O/c1-2-14-28-15-12-19-16-20(10-11-22(19)28)24(25,21-9-6-13-26-17-21)27-23(29)18-7-4-3-5-8-18/h3-11,13,16-17H,12,15H2,1H3,(H,27,29). The van der Waals surface area contributed by atoms with Gasteiger partial charge in [0.2, 0.25) is 5.79 Å². The van der Waals surface area contributed by atoms with Crippen LogP contribution in [-0.2, 0) is 12.2 Å². The zero-order valence-electron chi connectivity index (χ0n) is 16.0. The van der Waals surface area contributed by atoms with E-state index in [9.17, 15) is 4.79 Å². The van der Waals surface area contributed by atoms with Gasteiger partial charge in [0.05, 0.1) is 5.69 Å². The molecular weight excluding hydrogens is 365 g/mol. The molecule has 1 aliphatic rings. The Bertz CT molecular complexity index is 1090. The number of nitrogens with zero attached hydrogens (tertiary/aromatic N) is 2. The Morgan fingerprint density at radius 2 is 1.97 bits per heavy atom. The van der Waals surface area contributed by atoms with Gasteiger partial charge in [0, 0.05) is 41.7 Å². The van der Waals surface area contributed by atoms with E-state index in [0.29, 0.717) is 11.1 Å². The summed E-state index contributed by atoms with van der Waals surface area (Å²) in [6.07, 6.45) is 3.79. The van der Waals surface area contributed by atoms with Gasteiger partial charge in [-0.05, 0) is 49.2 Å². The average molecular weight is 385 g/mol. The van der Waals surface area contributed by atoms with Crippen molar-refractivity contribution in [1.29, 1.82) is 0 Å². The van der Waals surface area contributed by atoms with E-state index in [2.05, 4.69) is 22.3 Å². The van der Waals surface area contributed by atoms with E-state index in [-0.39, 0.29) is 5.56 Å². The maximum Gasteiger partial charge on any atom is 0.254 e. The van der Waals surface area contributed by atoms with Crippen LogP contribution in [0.3, 0.4) is 0 Å². The van der Waals surface area contributed by atoms with Crippen LogP contribution in [0.2, 0.25) is 0 Å². The quantitative estimate of drug-likeness (QED) is 0.545. The number of fused-ring (bicyclic) bond motifs is 1. The van der Waals surface area contributed by atoms with Crippen molar-refractivity contribution in [3.8, 4) is 12.0 Å². The highest BCUT2D eigenvalue weighted by Gasteiger charge is 2.37. The first-order valence-corrected chi connectivity index (χ1v) is 9.42. The number of hydrogen-bond donors (Lipinski definition) is 1. The van der Waals surface area contributed by atoms with Crippen LogP contribution in [0.5, 0.6) is 0 Å². The molecule has 4 nitrogen and oxygen atoms in total. The molecule has 0 aliphatic carbocycles. The number of amides is 1. The third kappa shape index (κ3) is 3.57. The number of benzene rings is 2. The minimum Gasteiger partial charge on any atom is -0.312 e. The number of pyridine rings is 1. The number of alkyl halides is 1. The summed E-state index contributed by atoms with van der Waals surface area (Å²) in [6.45, 7) is 2.56. The Balaban J connectivity index is 1.76. The van der Waals surface area contributed by atoms with E-state index < -0.39 is 11.7 Å². The second-order valence-electron chi connectivity index (χ2n) is 6.83. The van der Waals surface area contributed by atoms with E-state index in [1.54, 1.807) is 55.6 Å². The van der Waals surface area contributed by atoms with Crippen LogP contribution in [0.15, 0.2) is 73.1 Å². The summed E-state index contributed by atoms with van der Waals surface area (Å²) in [5.41, 5.74) is 3.01. The molecule has 0 saturated heterocycles. The first-order valence-electron chi connectivity index (χ1n) is 9.42. The molecule has 1 N–H and O–H groups in total. The Hall–Kier alpha value is -3.65. The van der Waals surface area contributed by atoms with Crippen molar-refractivity contribution in [3.05, 3.63) is 95.3 Å². The number of rotatable bonds is 4. The van der Waals surface area contributed by atoms with E-state index >= 15 is 4.39 Å². The highest BCUT2D eigenvalue weighted by Crippen LogP contribution is 2.36. The summed E-state index contributed by atoms with van der Waals surface area (Å²) >= 11 is 0. The van der Waals surface area contributed by atoms with Gasteiger partial charge in [0.1, 0.15) is 0 Å². The second kappa shape index (κ2) is 7.76. The molecule has 1 unspecified atom stereocenters. The van der Waals surface area contributed by atoms with Crippen LogP contribution >= 0.6 is 0 Å². The van der Waals surface area contributed by atoms with Gasteiger partial charge in [-0.3, -0.25) is 9.78 Å². The minimum absolute atomic E-state index is 0.271. The second-order valence-corrected chi connectivity index (χ2v) is 6.83. The zero-order chi connectivity index (χ0) is 20.3. The van der Waals surface area contributed by atoms with Crippen molar-refractivity contribution in [1.82, 2.24) is 10.3 Å². The highest BCUT2D eigenvalue weighted by molar-refractivity contribution is 5.95. The van der Waals surface area contributed by atoms with Gasteiger partial charge >= 0.3 is 0 Å². The molecule has 0 bridgehead atoms. The van der Waals surface area contributed by atoms with Crippen LogP contribution in [0.1, 0.15) is 34.0 Å². The van der Waals surface area contributed by atoms with Gasteiger partial charge in [-0.1, -0.05) is 36.3 Å². The molecule has 0 spiro atoms. The lowest BCUT2D eigenvalue weighted by atomic mass is 9.94. The molecule has 4 rings (SSSR count). The molecule has 1 amide bonds. The maximum atomic E-state index is 16.5. The number of carbonyl (C=O) groups is 1. The summed E-state index contributed by atoms with van der Waals surface area (Å²) in [4.78, 5) is 18.8. The molecule has 3 aromatic rings. The summed E-state index contributed by atoms with van der Waals surface area (Å²) in [5.74, 6) is 0.204. The van der Waals surface area contributed by atoms with E-state index in [0.717, 1.165) is 24.2 Å². The van der Waals surface area contributed by atoms with Crippen molar-refractivity contribution in [2.75, 3.05) is 11.4 Å². The molecule has 144 valence electrons. The molecule has 5 heteroatoms.